The topological polar surface area (TPSA) is 50.1 Å². The first-order valence-corrected chi connectivity index (χ1v) is 9.89. The number of rotatable bonds is 9. The van der Waals surface area contributed by atoms with E-state index in [2.05, 4.69) is 54.2 Å². The summed E-state index contributed by atoms with van der Waals surface area (Å²) in [6.07, 6.45) is 6.68. The molecule has 27 heavy (non-hydrogen) atoms. The maximum atomic E-state index is 9.89. The molecule has 0 aliphatic carbocycles. The van der Waals surface area contributed by atoms with Crippen LogP contribution in [-0.2, 0) is 13.0 Å². The molecule has 0 radical (unpaired) electrons. The van der Waals surface area contributed by atoms with E-state index in [4.69, 9.17) is 4.98 Å². The molecule has 0 saturated carbocycles. The van der Waals surface area contributed by atoms with Gasteiger partial charge in [0.2, 0.25) is 0 Å². The van der Waals surface area contributed by atoms with Crippen LogP contribution in [0.4, 0.5) is 0 Å². The van der Waals surface area contributed by atoms with E-state index < -0.39 is 0 Å². The predicted octanol–water partition coefficient (Wildman–Crippen LogP) is 5.09. The van der Waals surface area contributed by atoms with Crippen LogP contribution in [0.15, 0.2) is 54.7 Å². The highest BCUT2D eigenvalue weighted by atomic mass is 16.3. The van der Waals surface area contributed by atoms with E-state index in [1.54, 1.807) is 12.1 Å². The standard InChI is InChI=1S/C23H29N3O/c1-3-5-7-18-10-12-19(13-11-18)23-25-20(16-24-14-4-2)17-26(23)21-8-6-9-22(27)15-21/h6,8-13,15,17,24,27H,3-5,7,14,16H2,1-2H3. The van der Waals surface area contributed by atoms with Crippen molar-refractivity contribution in [3.8, 4) is 22.8 Å². The van der Waals surface area contributed by atoms with E-state index in [-0.39, 0.29) is 5.75 Å². The average Bonchev–Trinajstić information content (AvgIpc) is 3.11. The molecule has 0 amide bonds. The molecule has 0 saturated heterocycles. The first kappa shape index (κ1) is 19.2. The zero-order valence-electron chi connectivity index (χ0n) is 16.3. The normalized spacial score (nSPS) is 11.0. The first-order valence-electron chi connectivity index (χ1n) is 9.89. The van der Waals surface area contributed by atoms with Crippen molar-refractivity contribution < 1.29 is 5.11 Å². The monoisotopic (exact) mass is 363 g/mol. The van der Waals surface area contributed by atoms with E-state index in [0.717, 1.165) is 48.7 Å². The minimum absolute atomic E-state index is 0.257. The summed E-state index contributed by atoms with van der Waals surface area (Å²) in [5.41, 5.74) is 4.35. The lowest BCUT2D eigenvalue weighted by atomic mass is 10.1. The summed E-state index contributed by atoms with van der Waals surface area (Å²) < 4.78 is 2.06. The van der Waals surface area contributed by atoms with Crippen molar-refractivity contribution in [3.05, 3.63) is 66.0 Å². The van der Waals surface area contributed by atoms with Crippen LogP contribution in [0, 0.1) is 0 Å². The zero-order chi connectivity index (χ0) is 19.1. The Balaban J connectivity index is 1.94. The third kappa shape index (κ3) is 4.98. The van der Waals surface area contributed by atoms with Gasteiger partial charge >= 0.3 is 0 Å². The molecule has 4 nitrogen and oxygen atoms in total. The van der Waals surface area contributed by atoms with Crippen LogP contribution in [-0.4, -0.2) is 21.2 Å². The van der Waals surface area contributed by atoms with Gasteiger partial charge in [-0.3, -0.25) is 4.57 Å². The number of imidazole rings is 1. The van der Waals surface area contributed by atoms with E-state index in [0.29, 0.717) is 0 Å². The number of phenols is 1. The molecule has 0 aliphatic heterocycles. The van der Waals surface area contributed by atoms with E-state index >= 15 is 0 Å². The maximum Gasteiger partial charge on any atom is 0.144 e. The fourth-order valence-electron chi connectivity index (χ4n) is 3.15. The van der Waals surface area contributed by atoms with Gasteiger partial charge in [0, 0.05) is 24.4 Å². The lowest BCUT2D eigenvalue weighted by Gasteiger charge is -2.09. The molecule has 0 fully saturated rings. The fraction of sp³-hybridized carbons (Fsp3) is 0.348. The molecule has 2 N–H and O–H groups in total. The second-order valence-electron chi connectivity index (χ2n) is 6.92. The van der Waals surface area contributed by atoms with Crippen molar-refractivity contribution in [2.24, 2.45) is 0 Å². The highest BCUT2D eigenvalue weighted by Crippen LogP contribution is 2.25. The van der Waals surface area contributed by atoms with Crippen molar-refractivity contribution in [1.29, 1.82) is 0 Å². The first-order chi connectivity index (χ1) is 13.2. The number of phenolic OH excluding ortho intramolecular Hbond substituents is 1. The summed E-state index contributed by atoms with van der Waals surface area (Å²) in [6.45, 7) is 6.08. The molecular weight excluding hydrogens is 334 g/mol. The minimum atomic E-state index is 0.257. The Labute approximate surface area is 161 Å². The fourth-order valence-corrected chi connectivity index (χ4v) is 3.15. The second kappa shape index (κ2) is 9.38. The average molecular weight is 364 g/mol. The Morgan fingerprint density at radius 3 is 2.56 bits per heavy atom. The highest BCUT2D eigenvalue weighted by Gasteiger charge is 2.12. The van der Waals surface area contributed by atoms with Crippen molar-refractivity contribution in [3.63, 3.8) is 0 Å². The zero-order valence-corrected chi connectivity index (χ0v) is 16.3. The van der Waals surface area contributed by atoms with Crippen molar-refractivity contribution in [2.75, 3.05) is 6.54 Å². The van der Waals surface area contributed by atoms with Gasteiger partial charge in [0.1, 0.15) is 11.6 Å². The van der Waals surface area contributed by atoms with Crippen molar-refractivity contribution in [2.45, 2.75) is 46.1 Å². The largest absolute Gasteiger partial charge is 0.508 e. The van der Waals surface area contributed by atoms with E-state index in [1.807, 2.05) is 12.1 Å². The molecule has 142 valence electrons. The van der Waals surface area contributed by atoms with E-state index in [9.17, 15) is 5.11 Å². The molecular formula is C23H29N3O. The summed E-state index contributed by atoms with van der Waals surface area (Å²) in [5, 5.41) is 13.3. The van der Waals surface area contributed by atoms with E-state index in [1.165, 1.54) is 18.4 Å². The second-order valence-corrected chi connectivity index (χ2v) is 6.92. The quantitative estimate of drug-likeness (QED) is 0.521. The number of nitrogens with one attached hydrogen (secondary N) is 1. The van der Waals surface area contributed by atoms with Crippen molar-refractivity contribution in [1.82, 2.24) is 14.9 Å². The molecule has 0 bridgehead atoms. The predicted molar refractivity (Wildman–Crippen MR) is 111 cm³/mol. The lowest BCUT2D eigenvalue weighted by molar-refractivity contribution is 0.475. The highest BCUT2D eigenvalue weighted by molar-refractivity contribution is 5.60. The van der Waals surface area contributed by atoms with Crippen LogP contribution in [0.3, 0.4) is 0 Å². The SMILES string of the molecule is CCCCc1ccc(-c2nc(CNCCC)cn2-c2cccc(O)c2)cc1. The molecule has 4 heteroatoms. The summed E-state index contributed by atoms with van der Waals surface area (Å²) in [5.74, 6) is 1.16. The molecule has 2 aromatic carbocycles. The van der Waals surface area contributed by atoms with Gasteiger partial charge in [0.25, 0.3) is 0 Å². The smallest absolute Gasteiger partial charge is 0.144 e. The number of aromatic nitrogens is 2. The lowest BCUT2D eigenvalue weighted by Crippen LogP contribution is -2.13. The number of unbranched alkanes of at least 4 members (excludes halogenated alkanes) is 1. The third-order valence-electron chi connectivity index (χ3n) is 4.63. The van der Waals surface area contributed by atoms with Crippen LogP contribution in [0.5, 0.6) is 5.75 Å². The number of nitrogens with zero attached hydrogens (tertiary/aromatic N) is 2. The molecule has 1 heterocycles. The summed E-state index contributed by atoms with van der Waals surface area (Å²) in [4.78, 5) is 4.87. The Kier molecular flexibility index (Phi) is 6.66. The molecule has 1 aromatic heterocycles. The molecule has 0 unspecified atom stereocenters. The number of benzene rings is 2. The number of aryl methyl sites for hydroxylation is 1. The van der Waals surface area contributed by atoms with Gasteiger partial charge in [-0.25, -0.2) is 4.98 Å². The Morgan fingerprint density at radius 2 is 1.85 bits per heavy atom. The Hall–Kier alpha value is -2.59. The van der Waals surface area contributed by atoms with Gasteiger partial charge in [-0.2, -0.15) is 0 Å². The molecule has 0 atom stereocenters. The number of hydrogen-bond acceptors (Lipinski definition) is 3. The molecule has 0 aliphatic rings. The molecule has 3 rings (SSSR count). The van der Waals surface area contributed by atoms with Crippen LogP contribution < -0.4 is 5.32 Å². The summed E-state index contributed by atoms with van der Waals surface area (Å²) in [7, 11) is 0. The summed E-state index contributed by atoms with van der Waals surface area (Å²) >= 11 is 0. The van der Waals surface area contributed by atoms with Crippen LogP contribution >= 0.6 is 0 Å². The number of aromatic hydroxyl groups is 1. The van der Waals surface area contributed by atoms with Gasteiger partial charge in [0.05, 0.1) is 11.4 Å². The van der Waals surface area contributed by atoms with Crippen LogP contribution in [0.1, 0.15) is 44.4 Å². The van der Waals surface area contributed by atoms with Crippen LogP contribution in [0.25, 0.3) is 17.1 Å². The van der Waals surface area contributed by atoms with Gasteiger partial charge in [-0.05, 0) is 43.5 Å². The third-order valence-corrected chi connectivity index (χ3v) is 4.63. The maximum absolute atomic E-state index is 9.89. The Morgan fingerprint density at radius 1 is 1.04 bits per heavy atom. The van der Waals surface area contributed by atoms with Gasteiger partial charge < -0.3 is 10.4 Å². The Bertz CT molecular complexity index is 852. The van der Waals surface area contributed by atoms with Crippen LogP contribution in [0.2, 0.25) is 0 Å². The summed E-state index contributed by atoms with van der Waals surface area (Å²) in [6, 6.07) is 16.0. The van der Waals surface area contributed by atoms with Gasteiger partial charge in [-0.15, -0.1) is 0 Å². The number of hydrogen-bond donors (Lipinski definition) is 2. The van der Waals surface area contributed by atoms with Gasteiger partial charge in [0.15, 0.2) is 0 Å². The molecule has 0 spiro atoms. The molecule has 3 aromatic rings. The van der Waals surface area contributed by atoms with Gasteiger partial charge in [-0.1, -0.05) is 50.6 Å². The minimum Gasteiger partial charge on any atom is -0.508 e. The van der Waals surface area contributed by atoms with Crippen molar-refractivity contribution >= 4 is 0 Å².